The Morgan fingerprint density at radius 2 is 1.97 bits per heavy atom. The lowest BCUT2D eigenvalue weighted by atomic mass is 9.82. The Labute approximate surface area is 201 Å². The Kier molecular flexibility index (Phi) is 7.12. The van der Waals surface area contributed by atoms with Gasteiger partial charge < -0.3 is 14.4 Å². The summed E-state index contributed by atoms with van der Waals surface area (Å²) in [4.78, 5) is 26.7. The fraction of sp³-hybridized carbons (Fsp3) is 0.417. The van der Waals surface area contributed by atoms with E-state index in [1.54, 1.807) is 24.3 Å². The molecule has 2 aliphatic heterocycles. The Bertz CT molecular complexity index is 1060. The molecule has 1 fully saturated rings. The van der Waals surface area contributed by atoms with E-state index in [0.29, 0.717) is 53.6 Å². The summed E-state index contributed by atoms with van der Waals surface area (Å²) in [6.45, 7) is 2.16. The quantitative estimate of drug-likeness (QED) is 0.519. The number of amides is 1. The molecule has 1 saturated heterocycles. The van der Waals surface area contributed by atoms with Crippen molar-refractivity contribution in [2.45, 2.75) is 37.2 Å². The first-order valence-electron chi connectivity index (χ1n) is 10.9. The molecule has 176 valence electrons. The smallest absolute Gasteiger partial charge is 0.412 e. The number of carbonyl (C=O) groups excluding carboxylic acids is 2. The molecule has 4 rings (SSSR count). The number of hydrogen-bond donors (Lipinski definition) is 1. The zero-order valence-corrected chi connectivity index (χ0v) is 19.7. The molecule has 1 amide bonds. The number of fused-ring (bicyclic) bond motifs is 2. The fourth-order valence-electron chi connectivity index (χ4n) is 4.69. The Morgan fingerprint density at radius 1 is 1.21 bits per heavy atom. The minimum absolute atomic E-state index is 0.314. The van der Waals surface area contributed by atoms with Crippen LogP contribution >= 0.6 is 23.2 Å². The van der Waals surface area contributed by atoms with Gasteiger partial charge in [-0.1, -0.05) is 29.3 Å². The van der Waals surface area contributed by atoms with E-state index >= 15 is 0 Å². The zero-order chi connectivity index (χ0) is 23.6. The summed E-state index contributed by atoms with van der Waals surface area (Å²) in [5, 5.41) is 3.49. The molecule has 6 nitrogen and oxygen atoms in total. The highest BCUT2D eigenvalue weighted by molar-refractivity contribution is 6.42. The second-order valence-electron chi connectivity index (χ2n) is 8.43. The monoisotopic (exact) mass is 494 g/mol. The molecule has 2 aliphatic rings. The Hall–Kier alpha value is -2.35. The highest BCUT2D eigenvalue weighted by atomic mass is 35.5. The number of piperidine rings is 1. The minimum Gasteiger partial charge on any atom is -0.469 e. The molecule has 9 heteroatoms. The van der Waals surface area contributed by atoms with Crippen molar-refractivity contribution < 1.29 is 23.5 Å². The van der Waals surface area contributed by atoms with Crippen LogP contribution in [0.5, 0.6) is 0 Å². The maximum absolute atomic E-state index is 13.9. The summed E-state index contributed by atoms with van der Waals surface area (Å²) in [7, 11) is 1.37. The van der Waals surface area contributed by atoms with Crippen LogP contribution in [0.2, 0.25) is 10.0 Å². The van der Waals surface area contributed by atoms with Crippen molar-refractivity contribution in [2.24, 2.45) is 0 Å². The number of ether oxygens (including phenoxy) is 2. The van der Waals surface area contributed by atoms with Gasteiger partial charge in [0.05, 0.1) is 28.8 Å². The lowest BCUT2D eigenvalue weighted by Crippen LogP contribution is -2.48. The molecule has 0 aliphatic carbocycles. The van der Waals surface area contributed by atoms with E-state index in [9.17, 15) is 14.0 Å². The van der Waals surface area contributed by atoms with Gasteiger partial charge in [0.25, 0.3) is 0 Å². The first-order valence-corrected chi connectivity index (χ1v) is 11.6. The van der Waals surface area contributed by atoms with E-state index in [1.165, 1.54) is 19.2 Å². The molecular formula is C24H25Cl2FN2O4. The van der Waals surface area contributed by atoms with E-state index < -0.39 is 17.6 Å². The number of nitrogens with zero attached hydrogens (tertiary/aromatic N) is 1. The normalized spacial score (nSPS) is 18.2. The number of hydrogen-bond acceptors (Lipinski definition) is 5. The number of likely N-dealkylation sites (tertiary alicyclic amines) is 1. The number of benzene rings is 2. The molecule has 0 aromatic heterocycles. The summed E-state index contributed by atoms with van der Waals surface area (Å²) in [6, 6.07) is 9.54. The van der Waals surface area contributed by atoms with E-state index in [1.807, 2.05) is 0 Å². The first-order chi connectivity index (χ1) is 15.8. The standard InChI is InChI=1S/C24H25Cl2FN2O4/c1-32-22(30)17(15-4-6-19(25)20(26)13-15)3-2-10-29-11-8-24(9-12-29)18-14-16(27)5-7-21(18)28-23(31)33-24/h4-7,13-14,17H,2-3,8-12H2,1H3,(H,28,31). The number of methoxy groups -OCH3 is 1. The molecule has 0 bridgehead atoms. The van der Waals surface area contributed by atoms with Crippen LogP contribution in [0.4, 0.5) is 14.9 Å². The summed E-state index contributed by atoms with van der Waals surface area (Å²) in [6.07, 6.45) is 2.00. The number of rotatable bonds is 6. The van der Waals surface area contributed by atoms with Crippen molar-refractivity contribution in [3.8, 4) is 0 Å². The maximum atomic E-state index is 13.9. The number of carbonyl (C=O) groups is 2. The van der Waals surface area contributed by atoms with Crippen LogP contribution in [0.3, 0.4) is 0 Å². The summed E-state index contributed by atoms with van der Waals surface area (Å²) < 4.78 is 24.6. The molecule has 1 N–H and O–H groups in total. The van der Waals surface area contributed by atoms with Crippen LogP contribution in [0.1, 0.15) is 42.7 Å². The zero-order valence-electron chi connectivity index (χ0n) is 18.2. The van der Waals surface area contributed by atoms with Crippen molar-refractivity contribution in [3.63, 3.8) is 0 Å². The summed E-state index contributed by atoms with van der Waals surface area (Å²) in [5.74, 6) is -1.10. The van der Waals surface area contributed by atoms with Crippen LogP contribution in [0, 0.1) is 5.82 Å². The van der Waals surface area contributed by atoms with Gasteiger partial charge in [0.15, 0.2) is 0 Å². The van der Waals surface area contributed by atoms with Gasteiger partial charge >= 0.3 is 12.1 Å². The van der Waals surface area contributed by atoms with Gasteiger partial charge in [-0.25, -0.2) is 9.18 Å². The second kappa shape index (κ2) is 9.87. The molecule has 1 atom stereocenters. The van der Waals surface area contributed by atoms with Crippen LogP contribution in [-0.2, 0) is 19.9 Å². The fourth-order valence-corrected chi connectivity index (χ4v) is 5.00. The number of nitrogens with one attached hydrogen (secondary N) is 1. The van der Waals surface area contributed by atoms with Crippen molar-refractivity contribution >= 4 is 41.0 Å². The average Bonchev–Trinajstić information content (AvgIpc) is 2.80. The van der Waals surface area contributed by atoms with Gasteiger partial charge in [-0.15, -0.1) is 0 Å². The minimum atomic E-state index is -0.815. The van der Waals surface area contributed by atoms with E-state index in [0.717, 1.165) is 18.5 Å². The molecular weight excluding hydrogens is 470 g/mol. The molecule has 0 saturated carbocycles. The van der Waals surface area contributed by atoms with Crippen molar-refractivity contribution in [1.29, 1.82) is 0 Å². The topological polar surface area (TPSA) is 67.9 Å². The third kappa shape index (κ3) is 5.10. The third-order valence-corrected chi connectivity index (χ3v) is 7.20. The van der Waals surface area contributed by atoms with Crippen molar-refractivity contribution in [3.05, 3.63) is 63.4 Å². The number of esters is 1. The van der Waals surface area contributed by atoms with E-state index in [4.69, 9.17) is 32.7 Å². The van der Waals surface area contributed by atoms with Gasteiger partial charge in [0.2, 0.25) is 0 Å². The summed E-state index contributed by atoms with van der Waals surface area (Å²) in [5.41, 5.74) is 1.25. The Morgan fingerprint density at radius 3 is 2.67 bits per heavy atom. The largest absolute Gasteiger partial charge is 0.469 e. The third-order valence-electron chi connectivity index (χ3n) is 6.46. The molecule has 2 aromatic carbocycles. The lowest BCUT2D eigenvalue weighted by molar-refractivity contribution is -0.142. The van der Waals surface area contributed by atoms with Crippen LogP contribution in [0.15, 0.2) is 36.4 Å². The predicted molar refractivity (Wildman–Crippen MR) is 124 cm³/mol. The molecule has 2 heterocycles. The maximum Gasteiger partial charge on any atom is 0.412 e. The van der Waals surface area contributed by atoms with Gasteiger partial charge in [-0.3, -0.25) is 10.1 Å². The average molecular weight is 495 g/mol. The number of halogens is 3. The highest BCUT2D eigenvalue weighted by Crippen LogP contribution is 2.43. The van der Waals surface area contributed by atoms with E-state index in [2.05, 4.69) is 10.2 Å². The lowest BCUT2D eigenvalue weighted by Gasteiger charge is -2.44. The van der Waals surface area contributed by atoms with Crippen molar-refractivity contribution in [2.75, 3.05) is 32.1 Å². The van der Waals surface area contributed by atoms with Crippen LogP contribution < -0.4 is 5.32 Å². The van der Waals surface area contributed by atoms with Crippen LogP contribution in [-0.4, -0.2) is 43.7 Å². The van der Waals surface area contributed by atoms with Crippen molar-refractivity contribution in [1.82, 2.24) is 4.90 Å². The molecule has 0 radical (unpaired) electrons. The number of anilines is 1. The molecule has 2 aromatic rings. The highest BCUT2D eigenvalue weighted by Gasteiger charge is 2.44. The van der Waals surface area contributed by atoms with Gasteiger partial charge in [0, 0.05) is 31.5 Å². The van der Waals surface area contributed by atoms with Gasteiger partial charge in [0.1, 0.15) is 11.4 Å². The molecule has 1 unspecified atom stereocenters. The van der Waals surface area contributed by atoms with E-state index in [-0.39, 0.29) is 11.8 Å². The summed E-state index contributed by atoms with van der Waals surface area (Å²) >= 11 is 12.1. The molecule has 1 spiro atoms. The first kappa shape index (κ1) is 23.8. The SMILES string of the molecule is COC(=O)C(CCCN1CCC2(CC1)OC(=O)Nc1ccc(F)cc12)c1ccc(Cl)c(Cl)c1. The predicted octanol–water partition coefficient (Wildman–Crippen LogP) is 5.72. The van der Waals surface area contributed by atoms with Crippen LogP contribution in [0.25, 0.3) is 0 Å². The second-order valence-corrected chi connectivity index (χ2v) is 9.25. The Balaban J connectivity index is 1.37. The van der Waals surface area contributed by atoms with Gasteiger partial charge in [-0.05, 0) is 55.3 Å². The van der Waals surface area contributed by atoms with Gasteiger partial charge in [-0.2, -0.15) is 0 Å². The molecule has 33 heavy (non-hydrogen) atoms.